The number of carbonyl (C=O) groups excluding carboxylic acids is 1. The molecule has 2 heterocycles. The van der Waals surface area contributed by atoms with E-state index in [0.29, 0.717) is 25.2 Å². The number of sulfonamides is 1. The quantitative estimate of drug-likeness (QED) is 0.861. The lowest BCUT2D eigenvalue weighted by molar-refractivity contribution is 0.0963. The molecule has 1 aliphatic heterocycles. The largest absolute Gasteiger partial charge is 0.370 e. The van der Waals surface area contributed by atoms with E-state index >= 15 is 0 Å². The van der Waals surface area contributed by atoms with Gasteiger partial charge in [0.2, 0.25) is 10.0 Å². The Morgan fingerprint density at radius 2 is 1.81 bits per heavy atom. The summed E-state index contributed by atoms with van der Waals surface area (Å²) in [5, 5.41) is 2.53. The summed E-state index contributed by atoms with van der Waals surface area (Å²) < 4.78 is 27.5. The van der Waals surface area contributed by atoms with Crippen LogP contribution < -0.4 is 10.2 Å². The van der Waals surface area contributed by atoms with Gasteiger partial charge in [0.1, 0.15) is 0 Å². The van der Waals surface area contributed by atoms with Crippen LogP contribution in [0.5, 0.6) is 0 Å². The van der Waals surface area contributed by atoms with Crippen molar-refractivity contribution < 1.29 is 13.2 Å². The van der Waals surface area contributed by atoms with Gasteiger partial charge in [-0.1, -0.05) is 0 Å². The Hall–Kier alpha value is -2.45. The van der Waals surface area contributed by atoms with Crippen LogP contribution >= 0.6 is 0 Å². The maximum Gasteiger partial charge on any atom is 0.251 e. The van der Waals surface area contributed by atoms with Crippen molar-refractivity contribution in [2.75, 3.05) is 38.1 Å². The van der Waals surface area contributed by atoms with E-state index in [9.17, 15) is 13.2 Å². The number of aryl methyl sites for hydroxylation is 1. The van der Waals surface area contributed by atoms with E-state index in [1.165, 1.54) is 28.6 Å². The van der Waals surface area contributed by atoms with Gasteiger partial charge in [-0.05, 0) is 49.7 Å². The molecule has 0 aliphatic carbocycles. The average molecular weight is 388 g/mol. The van der Waals surface area contributed by atoms with Gasteiger partial charge in [0.15, 0.2) is 0 Å². The van der Waals surface area contributed by atoms with E-state index in [2.05, 4.69) is 15.2 Å². The van der Waals surface area contributed by atoms with E-state index < -0.39 is 10.0 Å². The van der Waals surface area contributed by atoms with Crippen LogP contribution in [0, 0.1) is 6.92 Å². The lowest BCUT2D eigenvalue weighted by atomic mass is 10.2. The Morgan fingerprint density at radius 3 is 2.48 bits per heavy atom. The van der Waals surface area contributed by atoms with Crippen molar-refractivity contribution in [1.82, 2.24) is 14.6 Å². The molecule has 0 saturated carbocycles. The van der Waals surface area contributed by atoms with Gasteiger partial charge in [0.05, 0.1) is 4.90 Å². The number of pyridine rings is 1. The van der Waals surface area contributed by atoms with Crippen molar-refractivity contribution in [3.63, 3.8) is 0 Å². The number of hydrogen-bond donors (Lipinski definition) is 1. The molecular weight excluding hydrogens is 364 g/mol. The summed E-state index contributed by atoms with van der Waals surface area (Å²) in [5.41, 5.74) is 2.45. The zero-order valence-corrected chi connectivity index (χ0v) is 16.4. The summed E-state index contributed by atoms with van der Waals surface area (Å²) >= 11 is 0. The molecule has 3 rings (SSSR count). The topological polar surface area (TPSA) is 82.6 Å². The van der Waals surface area contributed by atoms with Crippen LogP contribution in [0.1, 0.15) is 22.5 Å². The van der Waals surface area contributed by atoms with Gasteiger partial charge in [0, 0.05) is 56.4 Å². The van der Waals surface area contributed by atoms with E-state index in [-0.39, 0.29) is 10.8 Å². The van der Waals surface area contributed by atoms with E-state index in [1.54, 1.807) is 13.2 Å². The molecule has 0 atom stereocenters. The number of rotatable bonds is 4. The number of hydrogen-bond acceptors (Lipinski definition) is 5. The highest BCUT2D eigenvalue weighted by Crippen LogP contribution is 2.21. The molecule has 1 saturated heterocycles. The maximum absolute atomic E-state index is 13.0. The van der Waals surface area contributed by atoms with Crippen molar-refractivity contribution in [1.29, 1.82) is 0 Å². The van der Waals surface area contributed by atoms with Gasteiger partial charge in [-0.3, -0.25) is 9.78 Å². The third-order valence-electron chi connectivity index (χ3n) is 4.68. The third kappa shape index (κ3) is 4.28. The number of carbonyl (C=O) groups is 1. The standard InChI is InChI=1S/C19H24N4O3S/c1-15-14-17(8-9-21-15)22-10-3-11-23(13-12-22)27(25,26)18-6-4-16(5-7-18)19(24)20-2/h4-9,14H,3,10-13H2,1-2H3,(H,20,24). The van der Waals surface area contributed by atoms with Crippen LogP contribution in [0.25, 0.3) is 0 Å². The predicted molar refractivity (Wildman–Crippen MR) is 104 cm³/mol. The van der Waals surface area contributed by atoms with E-state index in [1.807, 2.05) is 19.1 Å². The Balaban J connectivity index is 1.75. The molecule has 144 valence electrons. The predicted octanol–water partition coefficient (Wildman–Crippen LogP) is 1.65. The summed E-state index contributed by atoms with van der Waals surface area (Å²) in [6.45, 7) is 4.26. The second-order valence-corrected chi connectivity index (χ2v) is 8.44. The third-order valence-corrected chi connectivity index (χ3v) is 6.59. The average Bonchev–Trinajstić information content (AvgIpc) is 2.94. The normalized spacial score (nSPS) is 16.0. The highest BCUT2D eigenvalue weighted by Gasteiger charge is 2.27. The smallest absolute Gasteiger partial charge is 0.251 e. The summed E-state index contributed by atoms with van der Waals surface area (Å²) in [6.07, 6.45) is 2.52. The molecule has 0 bridgehead atoms. The van der Waals surface area contributed by atoms with Gasteiger partial charge in [-0.25, -0.2) is 8.42 Å². The molecule has 1 aromatic heterocycles. The van der Waals surface area contributed by atoms with Gasteiger partial charge < -0.3 is 10.2 Å². The van der Waals surface area contributed by atoms with E-state index in [0.717, 1.165) is 24.3 Å². The van der Waals surface area contributed by atoms with Crippen LogP contribution in [0.15, 0.2) is 47.5 Å². The second-order valence-electron chi connectivity index (χ2n) is 6.50. The van der Waals surface area contributed by atoms with Crippen molar-refractivity contribution in [2.45, 2.75) is 18.2 Å². The Labute approximate surface area is 160 Å². The summed E-state index contributed by atoms with van der Waals surface area (Å²) in [4.78, 5) is 18.3. The first-order chi connectivity index (χ1) is 12.9. The highest BCUT2D eigenvalue weighted by molar-refractivity contribution is 7.89. The molecule has 8 heteroatoms. The van der Waals surface area contributed by atoms with Crippen LogP contribution in [-0.2, 0) is 10.0 Å². The summed E-state index contributed by atoms with van der Waals surface area (Å²) in [6, 6.07) is 10.0. The number of benzene rings is 1. The highest BCUT2D eigenvalue weighted by atomic mass is 32.2. The molecule has 2 aromatic rings. The molecule has 0 unspecified atom stereocenters. The Bertz CT molecular complexity index is 913. The first-order valence-corrected chi connectivity index (χ1v) is 10.4. The van der Waals surface area contributed by atoms with Crippen molar-refractivity contribution in [2.24, 2.45) is 0 Å². The molecule has 1 aliphatic rings. The monoisotopic (exact) mass is 388 g/mol. The van der Waals surface area contributed by atoms with Crippen LogP contribution in [0.4, 0.5) is 5.69 Å². The zero-order chi connectivity index (χ0) is 19.4. The van der Waals surface area contributed by atoms with Crippen LogP contribution in [0.2, 0.25) is 0 Å². The lowest BCUT2D eigenvalue weighted by Gasteiger charge is -2.23. The number of aromatic nitrogens is 1. The zero-order valence-electron chi connectivity index (χ0n) is 15.6. The molecule has 1 fully saturated rings. The molecular formula is C19H24N4O3S. The SMILES string of the molecule is CNC(=O)c1ccc(S(=O)(=O)N2CCCN(c3ccnc(C)c3)CC2)cc1. The molecule has 0 spiro atoms. The fourth-order valence-electron chi connectivity index (χ4n) is 3.19. The van der Waals surface area contributed by atoms with Gasteiger partial charge in [-0.15, -0.1) is 0 Å². The first-order valence-electron chi connectivity index (χ1n) is 8.92. The number of nitrogens with one attached hydrogen (secondary N) is 1. The van der Waals surface area contributed by atoms with Gasteiger partial charge >= 0.3 is 0 Å². The Kier molecular flexibility index (Phi) is 5.76. The molecule has 0 radical (unpaired) electrons. The fraction of sp³-hybridized carbons (Fsp3) is 0.368. The second kappa shape index (κ2) is 8.06. The van der Waals surface area contributed by atoms with Crippen molar-refractivity contribution in [3.8, 4) is 0 Å². The minimum Gasteiger partial charge on any atom is -0.370 e. The molecule has 1 amide bonds. The summed E-state index contributed by atoms with van der Waals surface area (Å²) in [7, 11) is -2.04. The number of anilines is 1. The molecule has 27 heavy (non-hydrogen) atoms. The maximum atomic E-state index is 13.0. The Morgan fingerprint density at radius 1 is 1.07 bits per heavy atom. The molecule has 7 nitrogen and oxygen atoms in total. The van der Waals surface area contributed by atoms with Crippen LogP contribution in [-0.4, -0.2) is 56.8 Å². The molecule has 1 N–H and O–H groups in total. The van der Waals surface area contributed by atoms with Gasteiger partial charge in [-0.2, -0.15) is 4.31 Å². The molecule has 1 aromatic carbocycles. The van der Waals surface area contributed by atoms with Gasteiger partial charge in [0.25, 0.3) is 5.91 Å². The van der Waals surface area contributed by atoms with Crippen LogP contribution in [0.3, 0.4) is 0 Å². The first kappa shape index (κ1) is 19.3. The van der Waals surface area contributed by atoms with Crippen molar-refractivity contribution >= 4 is 21.6 Å². The van der Waals surface area contributed by atoms with E-state index in [4.69, 9.17) is 0 Å². The summed E-state index contributed by atoms with van der Waals surface area (Å²) in [5.74, 6) is -0.239. The number of nitrogens with zero attached hydrogens (tertiary/aromatic N) is 3. The minimum atomic E-state index is -3.59. The van der Waals surface area contributed by atoms with Crippen molar-refractivity contribution in [3.05, 3.63) is 53.9 Å². The lowest BCUT2D eigenvalue weighted by Crippen LogP contribution is -2.35. The minimum absolute atomic E-state index is 0.211. The fourth-order valence-corrected chi connectivity index (χ4v) is 4.66. The number of amides is 1.